The molecule has 0 aromatic carbocycles. The van der Waals surface area contributed by atoms with Crippen LogP contribution in [-0.2, 0) is 14.4 Å². The fraction of sp³-hybridized carbons (Fsp3) is 0.667. The average molecular weight is 217 g/mol. The predicted octanol–water partition coefficient (Wildman–Crippen LogP) is 0.642. The second-order valence-corrected chi connectivity index (χ2v) is 4.15. The molecule has 0 spiro atoms. The number of carbonyl (C=O) groups excluding carboxylic acids is 2. The first kappa shape index (κ1) is 13.6. The third-order valence-electron chi connectivity index (χ3n) is 1.67. The lowest BCUT2D eigenvalue weighted by atomic mass is 9.98. The lowest BCUT2D eigenvalue weighted by molar-refractivity contribution is -0.171. The Bertz CT molecular complexity index is 263. The van der Waals surface area contributed by atoms with E-state index in [0.29, 0.717) is 0 Å². The van der Waals surface area contributed by atoms with Crippen molar-refractivity contribution in [2.75, 3.05) is 0 Å². The summed E-state index contributed by atoms with van der Waals surface area (Å²) < 4.78 is 0. The number of imide groups is 1. The number of hydrogen-bond donors (Lipinski definition) is 2. The first-order chi connectivity index (χ1) is 6.66. The molecule has 1 heterocycles. The third-order valence-corrected chi connectivity index (χ3v) is 1.67. The van der Waals surface area contributed by atoms with Crippen LogP contribution in [0.5, 0.6) is 0 Å². The molecule has 0 bridgehead atoms. The monoisotopic (exact) mass is 217 g/mol. The highest BCUT2D eigenvalue weighted by Crippen LogP contribution is 2.11. The van der Waals surface area contributed by atoms with E-state index in [1.54, 1.807) is 20.8 Å². The van der Waals surface area contributed by atoms with Crippen LogP contribution in [0.15, 0.2) is 0 Å². The highest BCUT2D eigenvalue weighted by molar-refractivity contribution is 6.00. The minimum Gasteiger partial charge on any atom is -0.481 e. The average Bonchev–Trinajstić information content (AvgIpc) is 2.36. The Balaban J connectivity index is 0.000000265. The highest BCUT2D eigenvalue weighted by atomic mass is 16.5. The maximum Gasteiger partial charge on any atom is 0.308 e. The first-order valence-electron chi connectivity index (χ1n) is 4.44. The van der Waals surface area contributed by atoms with Crippen molar-refractivity contribution >= 4 is 17.8 Å². The molecule has 0 radical (unpaired) electrons. The summed E-state index contributed by atoms with van der Waals surface area (Å²) in [5, 5.41) is 16.8. The Morgan fingerprint density at radius 2 is 1.47 bits per heavy atom. The quantitative estimate of drug-likeness (QED) is 0.458. The van der Waals surface area contributed by atoms with Gasteiger partial charge < -0.3 is 5.11 Å². The highest BCUT2D eigenvalue weighted by Gasteiger charge is 2.26. The Labute approximate surface area is 87.4 Å². The van der Waals surface area contributed by atoms with Crippen LogP contribution >= 0.6 is 0 Å². The van der Waals surface area contributed by atoms with E-state index in [2.05, 4.69) is 0 Å². The molecule has 86 valence electrons. The standard InChI is InChI=1S/C5H10O2.C4H5NO3/c1-5(2,3)4(6)7;6-3-1-2-4(7)5(3)8/h1-3H3,(H,6,7);8H,1-2H2. The Kier molecular flexibility index (Phi) is 4.41. The van der Waals surface area contributed by atoms with Crippen LogP contribution < -0.4 is 0 Å². The molecule has 0 unspecified atom stereocenters. The minimum atomic E-state index is -0.757. The molecule has 1 aliphatic rings. The van der Waals surface area contributed by atoms with E-state index in [1.165, 1.54) is 0 Å². The van der Waals surface area contributed by atoms with Gasteiger partial charge in [-0.2, -0.15) is 5.06 Å². The molecule has 2 amide bonds. The van der Waals surface area contributed by atoms with Gasteiger partial charge in [0.05, 0.1) is 5.41 Å². The molecule has 0 saturated carbocycles. The fourth-order valence-electron chi connectivity index (χ4n) is 0.565. The Hall–Kier alpha value is -1.43. The van der Waals surface area contributed by atoms with E-state index in [1.807, 2.05) is 0 Å². The zero-order valence-corrected chi connectivity index (χ0v) is 8.98. The van der Waals surface area contributed by atoms with E-state index < -0.39 is 23.2 Å². The molecule has 6 nitrogen and oxygen atoms in total. The molecule has 0 aromatic heterocycles. The van der Waals surface area contributed by atoms with Crippen LogP contribution in [0.3, 0.4) is 0 Å². The first-order valence-corrected chi connectivity index (χ1v) is 4.44. The normalized spacial score (nSPS) is 16.1. The maximum absolute atomic E-state index is 10.2. The molecule has 15 heavy (non-hydrogen) atoms. The molecular formula is C9H15NO5. The van der Waals surface area contributed by atoms with E-state index in [4.69, 9.17) is 10.3 Å². The lowest BCUT2D eigenvalue weighted by Crippen LogP contribution is -2.24. The lowest BCUT2D eigenvalue weighted by Gasteiger charge is -2.08. The van der Waals surface area contributed by atoms with Crippen molar-refractivity contribution in [1.82, 2.24) is 5.06 Å². The van der Waals surface area contributed by atoms with Gasteiger partial charge in [-0.1, -0.05) is 0 Å². The van der Waals surface area contributed by atoms with E-state index in [0.717, 1.165) is 0 Å². The SMILES string of the molecule is CC(C)(C)C(=O)O.O=C1CCC(=O)N1O. The van der Waals surface area contributed by atoms with Crippen molar-refractivity contribution in [2.45, 2.75) is 33.6 Å². The summed E-state index contributed by atoms with van der Waals surface area (Å²) in [6.45, 7) is 4.99. The summed E-state index contributed by atoms with van der Waals surface area (Å²) in [6.07, 6.45) is 0.296. The van der Waals surface area contributed by atoms with Gasteiger partial charge in [0.15, 0.2) is 0 Å². The molecule has 2 N–H and O–H groups in total. The zero-order chi connectivity index (χ0) is 12.2. The molecule has 0 atom stereocenters. The second kappa shape index (κ2) is 4.88. The zero-order valence-electron chi connectivity index (χ0n) is 8.98. The van der Waals surface area contributed by atoms with E-state index >= 15 is 0 Å². The van der Waals surface area contributed by atoms with E-state index in [9.17, 15) is 14.4 Å². The number of nitrogens with zero attached hydrogens (tertiary/aromatic N) is 1. The number of carboxylic acid groups (broad SMARTS) is 1. The smallest absolute Gasteiger partial charge is 0.308 e. The third kappa shape index (κ3) is 4.55. The van der Waals surface area contributed by atoms with Gasteiger partial charge in [0.1, 0.15) is 0 Å². The number of carbonyl (C=O) groups is 3. The molecule has 1 fully saturated rings. The molecule has 1 aliphatic heterocycles. The van der Waals surface area contributed by atoms with Crippen LogP contribution in [0.2, 0.25) is 0 Å². The molecule has 1 rings (SSSR count). The van der Waals surface area contributed by atoms with Crippen molar-refractivity contribution < 1.29 is 24.7 Å². The van der Waals surface area contributed by atoms with Crippen LogP contribution in [0.25, 0.3) is 0 Å². The van der Waals surface area contributed by atoms with Gasteiger partial charge in [-0.3, -0.25) is 19.6 Å². The Morgan fingerprint density at radius 3 is 1.53 bits per heavy atom. The number of hydrogen-bond acceptors (Lipinski definition) is 4. The molecule has 0 aromatic rings. The van der Waals surface area contributed by atoms with Gasteiger partial charge in [-0.15, -0.1) is 0 Å². The number of carboxylic acids is 1. The van der Waals surface area contributed by atoms with Crippen LogP contribution in [-0.4, -0.2) is 33.2 Å². The van der Waals surface area contributed by atoms with Crippen molar-refractivity contribution in [2.24, 2.45) is 5.41 Å². The molecule has 0 aliphatic carbocycles. The Morgan fingerprint density at radius 1 is 1.20 bits per heavy atom. The predicted molar refractivity (Wildman–Crippen MR) is 50.0 cm³/mol. The number of aliphatic carboxylic acids is 1. The second-order valence-electron chi connectivity index (χ2n) is 4.15. The van der Waals surface area contributed by atoms with Crippen molar-refractivity contribution in [3.63, 3.8) is 0 Å². The fourth-order valence-corrected chi connectivity index (χ4v) is 0.565. The number of hydroxylamine groups is 2. The van der Waals surface area contributed by atoms with Crippen LogP contribution in [0.4, 0.5) is 0 Å². The largest absolute Gasteiger partial charge is 0.481 e. The number of rotatable bonds is 0. The van der Waals surface area contributed by atoms with Gasteiger partial charge >= 0.3 is 5.97 Å². The summed E-state index contributed by atoms with van der Waals surface area (Å²) in [5.74, 6) is -1.77. The van der Waals surface area contributed by atoms with Crippen LogP contribution in [0, 0.1) is 5.41 Å². The van der Waals surface area contributed by atoms with Crippen LogP contribution in [0.1, 0.15) is 33.6 Å². The van der Waals surface area contributed by atoms with Gasteiger partial charge in [-0.25, -0.2) is 0 Å². The molecular weight excluding hydrogens is 202 g/mol. The number of amides is 2. The van der Waals surface area contributed by atoms with Crippen molar-refractivity contribution in [3.05, 3.63) is 0 Å². The van der Waals surface area contributed by atoms with Gasteiger partial charge in [0.2, 0.25) is 0 Å². The summed E-state index contributed by atoms with van der Waals surface area (Å²) in [6, 6.07) is 0. The minimum absolute atomic E-state index is 0.148. The topological polar surface area (TPSA) is 94.9 Å². The van der Waals surface area contributed by atoms with Gasteiger partial charge in [0.25, 0.3) is 11.8 Å². The van der Waals surface area contributed by atoms with Gasteiger partial charge in [0, 0.05) is 12.8 Å². The van der Waals surface area contributed by atoms with Crippen molar-refractivity contribution in [3.8, 4) is 0 Å². The molecule has 1 saturated heterocycles. The van der Waals surface area contributed by atoms with Gasteiger partial charge in [-0.05, 0) is 20.8 Å². The molecule has 6 heteroatoms. The summed E-state index contributed by atoms with van der Waals surface area (Å²) in [5.41, 5.74) is -0.583. The summed E-state index contributed by atoms with van der Waals surface area (Å²) in [4.78, 5) is 30.5. The maximum atomic E-state index is 10.2. The van der Waals surface area contributed by atoms with E-state index in [-0.39, 0.29) is 17.9 Å². The summed E-state index contributed by atoms with van der Waals surface area (Å²) in [7, 11) is 0. The summed E-state index contributed by atoms with van der Waals surface area (Å²) >= 11 is 0. The van der Waals surface area contributed by atoms with Crippen molar-refractivity contribution in [1.29, 1.82) is 0 Å².